The minimum absolute atomic E-state index is 0.146. The number of nitrogens with zero attached hydrogens (tertiary/aromatic N) is 3. The summed E-state index contributed by atoms with van der Waals surface area (Å²) >= 11 is 0. The highest BCUT2D eigenvalue weighted by Crippen LogP contribution is 2.39. The minimum Gasteiger partial charge on any atom is -0.460 e. The first-order valence-corrected chi connectivity index (χ1v) is 10.5. The highest BCUT2D eigenvalue weighted by atomic mass is 16.7. The number of rotatable bonds is 7. The fraction of sp³-hybridized carbons (Fsp3) is 0.667. The van der Waals surface area contributed by atoms with Crippen LogP contribution in [0.5, 0.6) is 0 Å². The lowest BCUT2D eigenvalue weighted by Gasteiger charge is -2.36. The molecule has 0 aliphatic carbocycles. The van der Waals surface area contributed by atoms with E-state index in [0.29, 0.717) is 12.7 Å². The van der Waals surface area contributed by atoms with Crippen molar-refractivity contribution in [1.29, 1.82) is 0 Å². The zero-order chi connectivity index (χ0) is 21.8. The Kier molecular flexibility index (Phi) is 6.77. The number of benzene rings is 1. The molecule has 162 valence electrons. The molecule has 2 atom stereocenters. The Morgan fingerprint density at radius 3 is 2.57 bits per heavy atom. The molecule has 0 saturated carbocycles. The van der Waals surface area contributed by atoms with Gasteiger partial charge in [0.1, 0.15) is 6.61 Å². The second-order valence-electron chi connectivity index (χ2n) is 9.25. The van der Waals surface area contributed by atoms with Crippen LogP contribution < -0.4 is 5.32 Å². The van der Waals surface area contributed by atoms with Crippen molar-refractivity contribution in [2.24, 2.45) is 11.0 Å². The zero-order valence-electron chi connectivity index (χ0n) is 18.3. The Balaban J connectivity index is 1.59. The van der Waals surface area contributed by atoms with Crippen LogP contribution in [-0.2, 0) is 25.4 Å². The van der Waals surface area contributed by atoms with Gasteiger partial charge in [-0.05, 0) is 64.0 Å². The SMILES string of the molecule is CC1(C)OB(CC[C@H]2CNC[C@@](N=[N+]=[N-])(C(=O)OCc3ccccc3)C2)OC1(C)C. The van der Waals surface area contributed by atoms with Crippen molar-refractivity contribution >= 4 is 13.1 Å². The van der Waals surface area contributed by atoms with Gasteiger partial charge in [0, 0.05) is 11.5 Å². The van der Waals surface area contributed by atoms with Crippen molar-refractivity contribution in [2.75, 3.05) is 13.1 Å². The molecule has 1 N–H and O–H groups in total. The third-order valence-corrected chi connectivity index (χ3v) is 6.42. The molecule has 2 saturated heterocycles. The van der Waals surface area contributed by atoms with E-state index in [4.69, 9.17) is 19.6 Å². The van der Waals surface area contributed by atoms with Crippen LogP contribution in [0.2, 0.25) is 6.32 Å². The maximum atomic E-state index is 12.9. The Morgan fingerprint density at radius 2 is 1.93 bits per heavy atom. The van der Waals surface area contributed by atoms with E-state index in [1.807, 2.05) is 58.0 Å². The van der Waals surface area contributed by atoms with E-state index in [0.717, 1.165) is 18.5 Å². The molecule has 3 rings (SSSR count). The van der Waals surface area contributed by atoms with E-state index >= 15 is 0 Å². The summed E-state index contributed by atoms with van der Waals surface area (Å²) in [6.07, 6.45) is 1.94. The first-order valence-electron chi connectivity index (χ1n) is 10.5. The van der Waals surface area contributed by atoms with E-state index in [9.17, 15) is 4.79 Å². The Labute approximate surface area is 178 Å². The second kappa shape index (κ2) is 8.98. The van der Waals surface area contributed by atoms with Gasteiger partial charge in [0.2, 0.25) is 0 Å². The minimum atomic E-state index is -1.23. The van der Waals surface area contributed by atoms with Crippen LogP contribution in [-0.4, -0.2) is 42.9 Å². The summed E-state index contributed by atoms with van der Waals surface area (Å²) in [5.74, 6) is -0.343. The molecule has 2 aliphatic rings. The third kappa shape index (κ3) is 4.98. The molecule has 0 spiro atoms. The molecular weight excluding hydrogens is 383 g/mol. The zero-order valence-corrected chi connectivity index (χ0v) is 18.3. The van der Waals surface area contributed by atoms with Gasteiger partial charge in [0.15, 0.2) is 5.54 Å². The molecule has 0 radical (unpaired) electrons. The largest absolute Gasteiger partial charge is 0.460 e. The lowest BCUT2D eigenvalue weighted by atomic mass is 9.75. The number of esters is 1. The molecule has 8 nitrogen and oxygen atoms in total. The fourth-order valence-corrected chi connectivity index (χ4v) is 3.98. The molecule has 1 aromatic rings. The van der Waals surface area contributed by atoms with Gasteiger partial charge < -0.3 is 19.4 Å². The first-order chi connectivity index (χ1) is 14.2. The summed E-state index contributed by atoms with van der Waals surface area (Å²) in [4.78, 5) is 15.8. The predicted octanol–water partition coefficient (Wildman–Crippen LogP) is 3.87. The fourth-order valence-electron chi connectivity index (χ4n) is 3.98. The molecule has 9 heteroatoms. The normalized spacial score (nSPS) is 27.3. The molecule has 0 amide bonds. The summed E-state index contributed by atoms with van der Waals surface area (Å²) < 4.78 is 17.7. The van der Waals surface area contributed by atoms with Crippen molar-refractivity contribution in [1.82, 2.24) is 5.32 Å². The lowest BCUT2D eigenvalue weighted by Crippen LogP contribution is -2.53. The van der Waals surface area contributed by atoms with Gasteiger partial charge in [0.05, 0.1) is 11.2 Å². The summed E-state index contributed by atoms with van der Waals surface area (Å²) in [7, 11) is -0.282. The standard InChI is InChI=1S/C21H31BN4O4/c1-19(2)20(3,4)30-22(29-19)11-10-17-12-21(25-26-23,15-24-13-17)18(27)28-14-16-8-6-5-7-9-16/h5-9,17,24H,10-15H2,1-4H3/t17-,21-/m1/s1. The number of carbonyl (C=O) groups is 1. The van der Waals surface area contributed by atoms with Crippen LogP contribution in [0.3, 0.4) is 0 Å². The summed E-state index contributed by atoms with van der Waals surface area (Å²) in [6.45, 7) is 9.30. The average molecular weight is 414 g/mol. The molecule has 2 fully saturated rings. The number of hydrogen-bond donors (Lipinski definition) is 1. The van der Waals surface area contributed by atoms with Crippen LogP contribution >= 0.6 is 0 Å². The first kappa shape index (κ1) is 22.6. The van der Waals surface area contributed by atoms with Crippen molar-refractivity contribution < 1.29 is 18.8 Å². The quantitative estimate of drug-likeness (QED) is 0.240. The smallest absolute Gasteiger partial charge is 0.457 e. The topological polar surface area (TPSA) is 106 Å². The van der Waals surface area contributed by atoms with E-state index in [2.05, 4.69) is 15.3 Å². The van der Waals surface area contributed by atoms with Gasteiger partial charge >= 0.3 is 13.1 Å². The van der Waals surface area contributed by atoms with E-state index in [1.165, 1.54) is 0 Å². The molecule has 0 aromatic heterocycles. The predicted molar refractivity (Wildman–Crippen MR) is 115 cm³/mol. The molecule has 1 aromatic carbocycles. The number of azide groups is 1. The molecule has 2 aliphatic heterocycles. The van der Waals surface area contributed by atoms with Gasteiger partial charge in [-0.25, -0.2) is 0 Å². The Hall–Kier alpha value is -2.06. The molecule has 30 heavy (non-hydrogen) atoms. The van der Waals surface area contributed by atoms with Gasteiger partial charge in [-0.2, -0.15) is 0 Å². The second-order valence-corrected chi connectivity index (χ2v) is 9.25. The van der Waals surface area contributed by atoms with Crippen LogP contribution in [0.1, 0.15) is 46.1 Å². The van der Waals surface area contributed by atoms with Gasteiger partial charge in [-0.1, -0.05) is 41.9 Å². The van der Waals surface area contributed by atoms with Crippen LogP contribution in [0.25, 0.3) is 10.4 Å². The van der Waals surface area contributed by atoms with E-state index in [1.54, 1.807) is 0 Å². The van der Waals surface area contributed by atoms with Crippen LogP contribution in [0, 0.1) is 5.92 Å². The average Bonchev–Trinajstić information content (AvgIpc) is 2.92. The van der Waals surface area contributed by atoms with Gasteiger partial charge in [0.25, 0.3) is 0 Å². The highest BCUT2D eigenvalue weighted by molar-refractivity contribution is 6.45. The van der Waals surface area contributed by atoms with Crippen LogP contribution in [0.15, 0.2) is 35.4 Å². The highest BCUT2D eigenvalue weighted by Gasteiger charge is 2.51. The monoisotopic (exact) mass is 414 g/mol. The molecule has 0 unspecified atom stereocenters. The van der Waals surface area contributed by atoms with Crippen LogP contribution in [0.4, 0.5) is 0 Å². The summed E-state index contributed by atoms with van der Waals surface area (Å²) in [6, 6.07) is 9.46. The van der Waals surface area contributed by atoms with Gasteiger partial charge in [-0.3, -0.25) is 4.79 Å². The van der Waals surface area contributed by atoms with Crippen molar-refractivity contribution in [3.8, 4) is 0 Å². The third-order valence-electron chi connectivity index (χ3n) is 6.42. The van der Waals surface area contributed by atoms with Crippen molar-refractivity contribution in [3.05, 3.63) is 46.3 Å². The van der Waals surface area contributed by atoms with Gasteiger partial charge in [-0.15, -0.1) is 0 Å². The lowest BCUT2D eigenvalue weighted by molar-refractivity contribution is -0.152. The molecule has 2 heterocycles. The Morgan fingerprint density at radius 1 is 1.27 bits per heavy atom. The Bertz CT molecular complexity index is 781. The summed E-state index contributed by atoms with van der Waals surface area (Å²) in [5.41, 5.74) is 8.04. The number of nitrogens with one attached hydrogen (secondary N) is 1. The van der Waals surface area contributed by atoms with Crippen molar-refractivity contribution in [3.63, 3.8) is 0 Å². The summed E-state index contributed by atoms with van der Waals surface area (Å²) in [5, 5.41) is 7.13. The number of ether oxygens (including phenoxy) is 1. The number of hydrogen-bond acceptors (Lipinski definition) is 6. The molecule has 0 bridgehead atoms. The molecular formula is C21H31BN4O4. The maximum absolute atomic E-state index is 12.9. The number of carbonyl (C=O) groups excluding carboxylic acids is 1. The van der Waals surface area contributed by atoms with Crippen molar-refractivity contribution in [2.45, 2.75) is 70.2 Å². The van der Waals surface area contributed by atoms with E-state index < -0.39 is 11.5 Å². The number of piperidine rings is 1. The van der Waals surface area contributed by atoms with E-state index in [-0.39, 0.29) is 37.4 Å². The maximum Gasteiger partial charge on any atom is 0.457 e.